The van der Waals surface area contributed by atoms with E-state index in [1.54, 1.807) is 7.11 Å². The topological polar surface area (TPSA) is 55.6 Å². The van der Waals surface area contributed by atoms with Crippen LogP contribution in [0, 0.1) is 5.92 Å². The highest BCUT2D eigenvalue weighted by molar-refractivity contribution is 5.82. The minimum Gasteiger partial charge on any atom is -0.383 e. The van der Waals surface area contributed by atoms with Crippen LogP contribution in [0.3, 0.4) is 0 Å². The third kappa shape index (κ3) is 2.92. The van der Waals surface area contributed by atoms with E-state index >= 15 is 0 Å². The Labute approximate surface area is 91.8 Å². The van der Waals surface area contributed by atoms with Gasteiger partial charge >= 0.3 is 0 Å². The molecule has 88 valence electrons. The Bertz CT molecular complexity index is 219. The van der Waals surface area contributed by atoms with Crippen LogP contribution in [0.15, 0.2) is 0 Å². The zero-order chi connectivity index (χ0) is 11.4. The van der Waals surface area contributed by atoms with Gasteiger partial charge in [0, 0.05) is 13.7 Å². The molecule has 0 radical (unpaired) electrons. The minimum atomic E-state index is -0.373. The van der Waals surface area contributed by atoms with Gasteiger partial charge in [0.05, 0.1) is 18.7 Å². The molecule has 0 aromatic carbocycles. The second-order valence-electron chi connectivity index (χ2n) is 4.55. The molecule has 0 aliphatic carbocycles. The molecule has 4 heteroatoms. The number of carbonyl (C=O) groups is 1. The predicted molar refractivity (Wildman–Crippen MR) is 59.4 cm³/mol. The third-order valence-corrected chi connectivity index (χ3v) is 3.02. The lowest BCUT2D eigenvalue weighted by atomic mass is 10.0. The van der Waals surface area contributed by atoms with E-state index < -0.39 is 0 Å². The van der Waals surface area contributed by atoms with Gasteiger partial charge in [0.25, 0.3) is 0 Å². The van der Waals surface area contributed by atoms with E-state index in [0.29, 0.717) is 6.61 Å². The average molecular weight is 214 g/mol. The van der Waals surface area contributed by atoms with E-state index in [0.717, 1.165) is 19.4 Å². The number of hydrogen-bond acceptors (Lipinski definition) is 3. The lowest BCUT2D eigenvalue weighted by molar-refractivity contribution is -0.135. The fourth-order valence-electron chi connectivity index (χ4n) is 1.97. The molecule has 1 aliphatic rings. The summed E-state index contributed by atoms with van der Waals surface area (Å²) in [4.78, 5) is 13.9. The fourth-order valence-corrected chi connectivity index (χ4v) is 1.97. The normalized spacial score (nSPS) is 23.5. The van der Waals surface area contributed by atoms with Gasteiger partial charge in [0.1, 0.15) is 0 Å². The van der Waals surface area contributed by atoms with E-state index in [1.807, 2.05) is 18.7 Å². The molecule has 1 amide bonds. The van der Waals surface area contributed by atoms with Crippen LogP contribution < -0.4 is 5.73 Å². The van der Waals surface area contributed by atoms with Crippen LogP contribution >= 0.6 is 0 Å². The molecule has 1 rings (SSSR count). The summed E-state index contributed by atoms with van der Waals surface area (Å²) in [6.07, 6.45) is 2.09. The lowest BCUT2D eigenvalue weighted by Gasteiger charge is -2.28. The smallest absolute Gasteiger partial charge is 0.240 e. The molecule has 2 atom stereocenters. The lowest BCUT2D eigenvalue weighted by Crippen LogP contribution is -2.49. The number of nitrogens with zero attached hydrogens (tertiary/aromatic N) is 1. The van der Waals surface area contributed by atoms with Gasteiger partial charge < -0.3 is 15.4 Å². The Hall–Kier alpha value is -0.610. The van der Waals surface area contributed by atoms with Gasteiger partial charge in [-0.2, -0.15) is 0 Å². The number of nitrogens with two attached hydrogens (primary N) is 1. The summed E-state index contributed by atoms with van der Waals surface area (Å²) in [6, 6.07) is -0.144. The molecule has 2 N–H and O–H groups in total. The van der Waals surface area contributed by atoms with Crippen molar-refractivity contribution < 1.29 is 9.53 Å². The summed E-state index contributed by atoms with van der Waals surface area (Å²) >= 11 is 0. The summed E-state index contributed by atoms with van der Waals surface area (Å²) in [5.41, 5.74) is 5.87. The van der Waals surface area contributed by atoms with Crippen LogP contribution in [-0.4, -0.2) is 43.2 Å². The molecule has 0 aromatic rings. The molecule has 0 aromatic heterocycles. The highest BCUT2D eigenvalue weighted by Crippen LogP contribution is 2.19. The average Bonchev–Trinajstić information content (AvgIpc) is 2.64. The van der Waals surface area contributed by atoms with Crippen molar-refractivity contribution in [2.24, 2.45) is 11.7 Å². The van der Waals surface area contributed by atoms with Crippen molar-refractivity contribution in [3.8, 4) is 0 Å². The second-order valence-corrected chi connectivity index (χ2v) is 4.55. The van der Waals surface area contributed by atoms with Gasteiger partial charge in [-0.25, -0.2) is 0 Å². The molecule has 0 unspecified atom stereocenters. The first-order valence-corrected chi connectivity index (χ1v) is 5.63. The molecule has 0 saturated carbocycles. The Morgan fingerprint density at radius 3 is 2.80 bits per heavy atom. The SMILES string of the molecule is COC[C@@H]1CCCN1C(=O)[C@@H](N)C(C)C. The predicted octanol–water partition coefficient (Wildman–Crippen LogP) is 0.607. The quantitative estimate of drug-likeness (QED) is 0.746. The first-order valence-electron chi connectivity index (χ1n) is 5.63. The summed E-state index contributed by atoms with van der Waals surface area (Å²) < 4.78 is 5.11. The van der Waals surface area contributed by atoms with Crippen molar-refractivity contribution in [1.82, 2.24) is 4.90 Å². The molecule has 1 aliphatic heterocycles. The van der Waals surface area contributed by atoms with Crippen molar-refractivity contribution in [1.29, 1.82) is 0 Å². The number of ether oxygens (including phenoxy) is 1. The van der Waals surface area contributed by atoms with Crippen LogP contribution in [0.5, 0.6) is 0 Å². The first kappa shape index (κ1) is 12.5. The highest BCUT2D eigenvalue weighted by atomic mass is 16.5. The van der Waals surface area contributed by atoms with Crippen LogP contribution in [0.4, 0.5) is 0 Å². The minimum absolute atomic E-state index is 0.0737. The van der Waals surface area contributed by atoms with Gasteiger partial charge in [-0.15, -0.1) is 0 Å². The number of methoxy groups -OCH3 is 1. The van der Waals surface area contributed by atoms with Crippen LogP contribution in [0.1, 0.15) is 26.7 Å². The number of carbonyl (C=O) groups excluding carboxylic acids is 1. The number of likely N-dealkylation sites (tertiary alicyclic amines) is 1. The molecular formula is C11H22N2O2. The standard InChI is InChI=1S/C11H22N2O2/c1-8(2)10(12)11(14)13-6-4-5-9(13)7-15-3/h8-10H,4-7,12H2,1-3H3/t9-,10-/m0/s1. The van der Waals surface area contributed by atoms with E-state index in [2.05, 4.69) is 0 Å². The number of hydrogen-bond donors (Lipinski definition) is 1. The molecule has 1 heterocycles. The summed E-state index contributed by atoms with van der Waals surface area (Å²) in [6.45, 7) is 5.40. The Balaban J connectivity index is 2.58. The van der Waals surface area contributed by atoms with Gasteiger partial charge in [-0.1, -0.05) is 13.8 Å². The van der Waals surface area contributed by atoms with Gasteiger partial charge in [0.2, 0.25) is 5.91 Å². The van der Waals surface area contributed by atoms with E-state index in [-0.39, 0.29) is 23.9 Å². The van der Waals surface area contributed by atoms with Crippen molar-refractivity contribution in [2.45, 2.75) is 38.8 Å². The third-order valence-electron chi connectivity index (χ3n) is 3.02. The maximum atomic E-state index is 12.0. The van der Waals surface area contributed by atoms with Crippen molar-refractivity contribution in [3.05, 3.63) is 0 Å². The summed E-state index contributed by atoms with van der Waals surface area (Å²) in [7, 11) is 1.67. The molecular weight excluding hydrogens is 192 g/mol. The maximum absolute atomic E-state index is 12.0. The van der Waals surface area contributed by atoms with E-state index in [4.69, 9.17) is 10.5 Å². The highest BCUT2D eigenvalue weighted by Gasteiger charge is 2.32. The zero-order valence-electron chi connectivity index (χ0n) is 9.90. The van der Waals surface area contributed by atoms with Gasteiger partial charge in [0.15, 0.2) is 0 Å². The monoisotopic (exact) mass is 214 g/mol. The van der Waals surface area contributed by atoms with E-state index in [1.165, 1.54) is 0 Å². The van der Waals surface area contributed by atoms with Crippen LogP contribution in [-0.2, 0) is 9.53 Å². The Kier molecular flexibility index (Phi) is 4.54. The molecule has 15 heavy (non-hydrogen) atoms. The van der Waals surface area contributed by atoms with Crippen LogP contribution in [0.25, 0.3) is 0 Å². The molecule has 1 fully saturated rings. The molecule has 4 nitrogen and oxygen atoms in total. The Morgan fingerprint density at radius 1 is 1.60 bits per heavy atom. The van der Waals surface area contributed by atoms with Crippen molar-refractivity contribution in [2.75, 3.05) is 20.3 Å². The van der Waals surface area contributed by atoms with E-state index in [9.17, 15) is 4.79 Å². The summed E-state index contributed by atoms with van der Waals surface area (Å²) in [5, 5.41) is 0. The number of rotatable bonds is 4. The first-order chi connectivity index (χ1) is 7.07. The molecule has 0 spiro atoms. The van der Waals surface area contributed by atoms with Gasteiger partial charge in [-0.3, -0.25) is 4.79 Å². The van der Waals surface area contributed by atoms with Crippen molar-refractivity contribution >= 4 is 5.91 Å². The van der Waals surface area contributed by atoms with Crippen molar-refractivity contribution in [3.63, 3.8) is 0 Å². The fraction of sp³-hybridized carbons (Fsp3) is 0.909. The summed E-state index contributed by atoms with van der Waals surface area (Å²) in [5.74, 6) is 0.269. The second kappa shape index (κ2) is 5.47. The number of amides is 1. The molecule has 1 saturated heterocycles. The van der Waals surface area contributed by atoms with Crippen LogP contribution in [0.2, 0.25) is 0 Å². The largest absolute Gasteiger partial charge is 0.383 e. The zero-order valence-corrected chi connectivity index (χ0v) is 9.90. The maximum Gasteiger partial charge on any atom is 0.240 e. The van der Waals surface area contributed by atoms with Gasteiger partial charge in [-0.05, 0) is 18.8 Å². The Morgan fingerprint density at radius 2 is 2.27 bits per heavy atom. The molecule has 0 bridgehead atoms.